The van der Waals surface area contributed by atoms with Crippen molar-refractivity contribution < 1.29 is 69.1 Å². The van der Waals surface area contributed by atoms with Crippen molar-refractivity contribution in [2.75, 3.05) is 6.61 Å². The molecule has 0 aliphatic rings. The van der Waals surface area contributed by atoms with E-state index >= 15 is 0 Å². The van der Waals surface area contributed by atoms with Gasteiger partial charge in [0.05, 0.1) is 6.61 Å². The van der Waals surface area contributed by atoms with Gasteiger partial charge in [0.2, 0.25) is 0 Å². The molecule has 0 bridgehead atoms. The molecule has 0 atom stereocenters. The van der Waals surface area contributed by atoms with Gasteiger partial charge in [0, 0.05) is 5.39 Å². The first kappa shape index (κ1) is 16.8. The van der Waals surface area contributed by atoms with E-state index in [1.807, 2.05) is 30.3 Å². The fourth-order valence-corrected chi connectivity index (χ4v) is 1.59. The molecular formula is C13H11BF3KO. The van der Waals surface area contributed by atoms with Crippen molar-refractivity contribution in [1.29, 1.82) is 0 Å². The minimum atomic E-state index is -5.04. The molecule has 0 aliphatic heterocycles. The molecule has 0 saturated heterocycles. The molecule has 0 fully saturated rings. The van der Waals surface area contributed by atoms with Gasteiger partial charge in [0.25, 0.3) is 0 Å². The van der Waals surface area contributed by atoms with Crippen LogP contribution in [0, 0.1) is 0 Å². The summed E-state index contributed by atoms with van der Waals surface area (Å²) >= 11 is 0. The minimum absolute atomic E-state index is 0. The van der Waals surface area contributed by atoms with Crippen molar-refractivity contribution in [3.05, 3.63) is 54.5 Å². The standard InChI is InChI=1S/C13H11BF3O.K/c1-10(14(15,16)17)9-18-13-8-4-6-11-5-2-3-7-12(11)13;/h2-8H,1,9H2;/q-1;+1. The van der Waals surface area contributed by atoms with Gasteiger partial charge in [-0.05, 0) is 11.5 Å². The third kappa shape index (κ3) is 4.36. The molecule has 0 spiro atoms. The molecule has 0 heterocycles. The van der Waals surface area contributed by atoms with Gasteiger partial charge in [-0.15, -0.1) is 12.1 Å². The first-order valence-electron chi connectivity index (χ1n) is 5.46. The average Bonchev–Trinajstić information content (AvgIpc) is 2.34. The molecule has 2 aromatic carbocycles. The quantitative estimate of drug-likeness (QED) is 0.768. The summed E-state index contributed by atoms with van der Waals surface area (Å²) < 4.78 is 42.2. The van der Waals surface area contributed by atoms with Crippen molar-refractivity contribution in [1.82, 2.24) is 0 Å². The van der Waals surface area contributed by atoms with Crippen molar-refractivity contribution >= 4 is 17.7 Å². The summed E-state index contributed by atoms with van der Waals surface area (Å²) in [4.78, 5) is 0. The van der Waals surface area contributed by atoms with E-state index in [-0.39, 0.29) is 51.4 Å². The molecule has 19 heavy (non-hydrogen) atoms. The number of hydrogen-bond acceptors (Lipinski definition) is 1. The minimum Gasteiger partial charge on any atom is -0.492 e. The van der Waals surface area contributed by atoms with Crippen LogP contribution in [0.3, 0.4) is 0 Å². The van der Waals surface area contributed by atoms with E-state index in [0.717, 1.165) is 10.8 Å². The number of ether oxygens (including phenoxy) is 1. The predicted molar refractivity (Wildman–Crippen MR) is 67.7 cm³/mol. The summed E-state index contributed by atoms with van der Waals surface area (Å²) in [5.41, 5.74) is -0.831. The fraction of sp³-hybridized carbons (Fsp3) is 0.0769. The maximum absolute atomic E-state index is 12.3. The van der Waals surface area contributed by atoms with Crippen LogP contribution in [0.4, 0.5) is 12.9 Å². The number of benzene rings is 2. The van der Waals surface area contributed by atoms with E-state index in [9.17, 15) is 12.9 Å². The summed E-state index contributed by atoms with van der Waals surface area (Å²) in [7, 11) is 0. The molecule has 6 heteroatoms. The second-order valence-electron chi connectivity index (χ2n) is 4.00. The Kier molecular flexibility index (Phi) is 6.14. The van der Waals surface area contributed by atoms with Gasteiger partial charge in [0.15, 0.2) is 0 Å². The Morgan fingerprint density at radius 3 is 2.37 bits per heavy atom. The van der Waals surface area contributed by atoms with E-state index in [0.29, 0.717) is 5.75 Å². The van der Waals surface area contributed by atoms with Gasteiger partial charge < -0.3 is 17.7 Å². The zero-order valence-corrected chi connectivity index (χ0v) is 13.7. The summed E-state index contributed by atoms with van der Waals surface area (Å²) in [5, 5.41) is 1.72. The molecule has 94 valence electrons. The normalized spacial score (nSPS) is 10.9. The smallest absolute Gasteiger partial charge is 0.492 e. The van der Waals surface area contributed by atoms with Crippen molar-refractivity contribution in [2.45, 2.75) is 0 Å². The van der Waals surface area contributed by atoms with E-state index in [1.54, 1.807) is 12.1 Å². The first-order valence-corrected chi connectivity index (χ1v) is 5.46. The Bertz CT molecular complexity index is 578. The third-order valence-corrected chi connectivity index (χ3v) is 2.63. The van der Waals surface area contributed by atoms with E-state index in [1.165, 1.54) is 0 Å². The number of fused-ring (bicyclic) bond motifs is 1. The van der Waals surface area contributed by atoms with Gasteiger partial charge in [0.1, 0.15) is 5.75 Å². The molecule has 0 unspecified atom stereocenters. The van der Waals surface area contributed by atoms with Crippen molar-refractivity contribution in [3.8, 4) is 5.75 Å². The molecule has 0 amide bonds. The molecule has 0 N–H and O–H groups in total. The zero-order chi connectivity index (χ0) is 13.2. The third-order valence-electron chi connectivity index (χ3n) is 2.63. The molecule has 0 saturated carbocycles. The average molecular weight is 290 g/mol. The summed E-state index contributed by atoms with van der Waals surface area (Å²) in [5.74, 6) is 0.439. The Morgan fingerprint density at radius 2 is 1.68 bits per heavy atom. The van der Waals surface area contributed by atoms with Crippen LogP contribution in [0.25, 0.3) is 10.8 Å². The SMILES string of the molecule is C=C(COc1cccc2ccccc12)[B-](F)(F)F.[K+]. The summed E-state index contributed by atoms with van der Waals surface area (Å²) in [6.45, 7) is -2.57. The van der Waals surface area contributed by atoms with Crippen molar-refractivity contribution in [2.24, 2.45) is 0 Å². The molecule has 0 aliphatic carbocycles. The summed E-state index contributed by atoms with van der Waals surface area (Å²) in [6, 6.07) is 12.7. The van der Waals surface area contributed by atoms with Gasteiger partial charge in [-0.3, -0.25) is 0 Å². The maximum Gasteiger partial charge on any atom is 1.00 e. The topological polar surface area (TPSA) is 9.23 Å². The van der Waals surface area contributed by atoms with Gasteiger partial charge in [-0.1, -0.05) is 36.4 Å². The van der Waals surface area contributed by atoms with E-state index < -0.39 is 19.1 Å². The van der Waals surface area contributed by atoms with Crippen LogP contribution in [0.1, 0.15) is 0 Å². The van der Waals surface area contributed by atoms with Gasteiger partial charge in [-0.2, -0.15) is 0 Å². The van der Waals surface area contributed by atoms with Gasteiger partial charge in [-0.25, -0.2) is 0 Å². The van der Waals surface area contributed by atoms with Crippen LogP contribution in [0.15, 0.2) is 54.5 Å². The Balaban J connectivity index is 0.00000180. The van der Waals surface area contributed by atoms with Crippen molar-refractivity contribution in [3.63, 3.8) is 0 Å². The zero-order valence-electron chi connectivity index (χ0n) is 10.6. The molecule has 1 nitrogen and oxygen atoms in total. The molecule has 2 rings (SSSR count). The monoisotopic (exact) mass is 290 g/mol. The van der Waals surface area contributed by atoms with Crippen LogP contribution in [-0.4, -0.2) is 13.6 Å². The largest absolute Gasteiger partial charge is 1.00 e. The number of halogens is 3. The second kappa shape index (κ2) is 6.95. The molecular weight excluding hydrogens is 279 g/mol. The number of rotatable bonds is 4. The molecule has 0 aromatic heterocycles. The van der Waals surface area contributed by atoms with Crippen LogP contribution < -0.4 is 56.1 Å². The summed E-state index contributed by atoms with van der Waals surface area (Å²) in [6.07, 6.45) is 0. The van der Waals surface area contributed by atoms with Gasteiger partial charge >= 0.3 is 58.4 Å². The van der Waals surface area contributed by atoms with Crippen LogP contribution in [0.5, 0.6) is 5.75 Å². The Labute approximate surface area is 152 Å². The van der Waals surface area contributed by atoms with E-state index in [4.69, 9.17) is 4.74 Å². The fourth-order valence-electron chi connectivity index (χ4n) is 1.59. The van der Waals surface area contributed by atoms with Crippen LogP contribution in [0.2, 0.25) is 0 Å². The Morgan fingerprint density at radius 1 is 1.05 bits per heavy atom. The first-order chi connectivity index (χ1) is 8.48. The number of hydrogen-bond donors (Lipinski definition) is 0. The maximum atomic E-state index is 12.3. The second-order valence-corrected chi connectivity index (χ2v) is 4.00. The van der Waals surface area contributed by atoms with E-state index in [2.05, 4.69) is 6.58 Å². The van der Waals surface area contributed by atoms with Crippen LogP contribution >= 0.6 is 0 Å². The van der Waals surface area contributed by atoms with Crippen LogP contribution in [-0.2, 0) is 0 Å². The Hall–Kier alpha value is -0.269. The predicted octanol–water partition coefficient (Wildman–Crippen LogP) is 1.17. The molecule has 2 aromatic rings. The molecule has 0 radical (unpaired) electrons.